The van der Waals surface area contributed by atoms with Crippen molar-refractivity contribution in [2.24, 2.45) is 0 Å². The average molecular weight is 437 g/mol. The fourth-order valence-electron chi connectivity index (χ4n) is 2.89. The first-order chi connectivity index (χ1) is 14.7. The second kappa shape index (κ2) is 9.60. The second-order valence-electron chi connectivity index (χ2n) is 6.42. The summed E-state index contributed by atoms with van der Waals surface area (Å²) in [6.07, 6.45) is 0. The Morgan fingerprint density at radius 3 is 2.57 bits per heavy atom. The van der Waals surface area contributed by atoms with Gasteiger partial charge in [0.2, 0.25) is 5.91 Å². The van der Waals surface area contributed by atoms with Crippen LogP contribution < -0.4 is 10.1 Å². The van der Waals surface area contributed by atoms with Gasteiger partial charge in [0.15, 0.2) is 11.0 Å². The predicted octanol–water partition coefficient (Wildman–Crippen LogP) is 4.79. The van der Waals surface area contributed by atoms with E-state index >= 15 is 0 Å². The van der Waals surface area contributed by atoms with Gasteiger partial charge >= 0.3 is 0 Å². The van der Waals surface area contributed by atoms with Gasteiger partial charge in [-0.2, -0.15) is 0 Å². The van der Waals surface area contributed by atoms with Gasteiger partial charge in [0.1, 0.15) is 5.75 Å². The highest BCUT2D eigenvalue weighted by Crippen LogP contribution is 2.28. The lowest BCUT2D eigenvalue weighted by Gasteiger charge is -2.10. The summed E-state index contributed by atoms with van der Waals surface area (Å²) in [5.41, 5.74) is 1.88. The van der Waals surface area contributed by atoms with Crippen LogP contribution >= 0.6 is 23.1 Å². The Hall–Kier alpha value is -3.10. The number of nitrogens with one attached hydrogen (secondary N) is 1. The summed E-state index contributed by atoms with van der Waals surface area (Å²) in [6.45, 7) is 0.604. The number of para-hydroxylation sites is 1. The van der Waals surface area contributed by atoms with E-state index in [9.17, 15) is 4.79 Å². The highest BCUT2D eigenvalue weighted by molar-refractivity contribution is 7.99. The Kier molecular flexibility index (Phi) is 6.46. The van der Waals surface area contributed by atoms with Gasteiger partial charge in [0, 0.05) is 5.69 Å². The van der Waals surface area contributed by atoms with Crippen LogP contribution in [0.15, 0.2) is 77.3 Å². The van der Waals surface area contributed by atoms with Crippen molar-refractivity contribution < 1.29 is 9.53 Å². The van der Waals surface area contributed by atoms with Gasteiger partial charge < -0.3 is 10.1 Å². The Morgan fingerprint density at radius 2 is 1.87 bits per heavy atom. The molecule has 1 N–H and O–H groups in total. The highest BCUT2D eigenvalue weighted by atomic mass is 32.2. The number of aromatic nitrogens is 3. The minimum Gasteiger partial charge on any atom is -0.497 e. The van der Waals surface area contributed by atoms with Crippen molar-refractivity contribution in [1.29, 1.82) is 0 Å². The Balaban J connectivity index is 1.52. The molecule has 8 heteroatoms. The third-order valence-corrected chi connectivity index (χ3v) is 6.18. The number of methoxy groups -OCH3 is 1. The largest absolute Gasteiger partial charge is 0.497 e. The molecular formula is C22H20N4O2S2. The van der Waals surface area contributed by atoms with E-state index in [0.717, 1.165) is 27.7 Å². The molecule has 1 amide bonds. The van der Waals surface area contributed by atoms with Gasteiger partial charge in [-0.3, -0.25) is 9.36 Å². The maximum atomic E-state index is 12.4. The number of hydrogen-bond donors (Lipinski definition) is 1. The topological polar surface area (TPSA) is 69.0 Å². The summed E-state index contributed by atoms with van der Waals surface area (Å²) < 4.78 is 7.30. The quantitative estimate of drug-likeness (QED) is 0.402. The zero-order valence-electron chi connectivity index (χ0n) is 16.3. The van der Waals surface area contributed by atoms with E-state index in [-0.39, 0.29) is 11.7 Å². The number of amides is 1. The van der Waals surface area contributed by atoms with Crippen LogP contribution in [0.3, 0.4) is 0 Å². The van der Waals surface area contributed by atoms with Crippen molar-refractivity contribution in [2.45, 2.75) is 11.7 Å². The summed E-state index contributed by atoms with van der Waals surface area (Å²) in [7, 11) is 1.65. The molecule has 152 valence electrons. The summed E-state index contributed by atoms with van der Waals surface area (Å²) in [6, 6.07) is 21.4. The molecule has 4 rings (SSSR count). The van der Waals surface area contributed by atoms with Gasteiger partial charge in [0.05, 0.1) is 24.3 Å². The lowest BCUT2D eigenvalue weighted by Crippen LogP contribution is -2.14. The molecule has 0 radical (unpaired) electrons. The molecule has 0 aliphatic rings. The number of nitrogens with zero attached hydrogens (tertiary/aromatic N) is 3. The van der Waals surface area contributed by atoms with Crippen molar-refractivity contribution >= 4 is 34.7 Å². The first kappa shape index (κ1) is 20.2. The molecule has 0 atom stereocenters. The normalized spacial score (nSPS) is 10.7. The van der Waals surface area contributed by atoms with E-state index in [1.165, 1.54) is 11.8 Å². The van der Waals surface area contributed by atoms with E-state index in [1.54, 1.807) is 18.4 Å². The predicted molar refractivity (Wildman–Crippen MR) is 121 cm³/mol. The first-order valence-corrected chi connectivity index (χ1v) is 11.2. The molecule has 6 nitrogen and oxygen atoms in total. The molecule has 0 aliphatic carbocycles. The SMILES string of the molecule is COc1ccc(Cn2c(SCC(=O)Nc3ccccc3)nnc2-c2cccs2)cc1. The number of ether oxygens (including phenoxy) is 1. The molecule has 0 fully saturated rings. The fourth-order valence-corrected chi connectivity index (χ4v) is 4.34. The van der Waals surface area contributed by atoms with Gasteiger partial charge in [0.25, 0.3) is 0 Å². The van der Waals surface area contributed by atoms with Crippen LogP contribution in [-0.2, 0) is 11.3 Å². The van der Waals surface area contributed by atoms with Crippen LogP contribution in [0, 0.1) is 0 Å². The first-order valence-electron chi connectivity index (χ1n) is 9.30. The van der Waals surface area contributed by atoms with Crippen LogP contribution in [0.5, 0.6) is 5.75 Å². The number of thioether (sulfide) groups is 1. The van der Waals surface area contributed by atoms with Gasteiger partial charge in [-0.1, -0.05) is 48.2 Å². The molecule has 0 bridgehead atoms. The van der Waals surface area contributed by atoms with E-state index in [0.29, 0.717) is 11.7 Å². The molecule has 30 heavy (non-hydrogen) atoms. The van der Waals surface area contributed by atoms with Crippen molar-refractivity contribution in [3.8, 4) is 16.5 Å². The second-order valence-corrected chi connectivity index (χ2v) is 8.31. The number of benzene rings is 2. The van der Waals surface area contributed by atoms with Gasteiger partial charge in [-0.25, -0.2) is 0 Å². The van der Waals surface area contributed by atoms with Crippen LogP contribution in [0.4, 0.5) is 5.69 Å². The molecule has 0 aliphatic heterocycles. The average Bonchev–Trinajstić information content (AvgIpc) is 3.43. The van der Waals surface area contributed by atoms with Gasteiger partial charge in [-0.05, 0) is 41.3 Å². The Morgan fingerprint density at radius 1 is 1.07 bits per heavy atom. The van der Waals surface area contributed by atoms with E-state index in [2.05, 4.69) is 15.5 Å². The minimum absolute atomic E-state index is 0.0807. The van der Waals surface area contributed by atoms with Crippen molar-refractivity contribution in [3.63, 3.8) is 0 Å². The maximum Gasteiger partial charge on any atom is 0.234 e. The summed E-state index contributed by atoms with van der Waals surface area (Å²) in [4.78, 5) is 13.4. The van der Waals surface area contributed by atoms with Crippen LogP contribution in [0.25, 0.3) is 10.7 Å². The molecule has 0 spiro atoms. The number of hydrogen-bond acceptors (Lipinski definition) is 6. The number of rotatable bonds is 8. The van der Waals surface area contributed by atoms with E-state index in [1.807, 2.05) is 76.7 Å². The van der Waals surface area contributed by atoms with Crippen molar-refractivity contribution in [2.75, 3.05) is 18.2 Å². The third kappa shape index (κ3) is 4.90. The molecule has 2 heterocycles. The monoisotopic (exact) mass is 436 g/mol. The zero-order chi connectivity index (χ0) is 20.8. The lowest BCUT2D eigenvalue weighted by molar-refractivity contribution is -0.113. The highest BCUT2D eigenvalue weighted by Gasteiger charge is 2.17. The summed E-state index contributed by atoms with van der Waals surface area (Å²) in [5, 5.41) is 14.4. The molecule has 0 saturated heterocycles. The number of thiophene rings is 1. The summed E-state index contributed by atoms with van der Waals surface area (Å²) >= 11 is 2.99. The Bertz CT molecular complexity index is 1090. The molecule has 0 saturated carbocycles. The maximum absolute atomic E-state index is 12.4. The molecule has 4 aromatic rings. The molecule has 0 unspecified atom stereocenters. The van der Waals surface area contributed by atoms with E-state index < -0.39 is 0 Å². The third-order valence-electron chi connectivity index (χ3n) is 4.35. The number of carbonyl (C=O) groups is 1. The number of carbonyl (C=O) groups excluding carboxylic acids is 1. The molecule has 2 aromatic carbocycles. The zero-order valence-corrected chi connectivity index (χ0v) is 18.0. The molecular weight excluding hydrogens is 416 g/mol. The van der Waals surface area contributed by atoms with Crippen LogP contribution in [0.2, 0.25) is 0 Å². The fraction of sp³-hybridized carbons (Fsp3) is 0.136. The number of anilines is 1. The standard InChI is InChI=1S/C22H20N4O2S2/c1-28-18-11-9-16(10-12-18)14-26-21(19-8-5-13-29-19)24-25-22(26)30-15-20(27)23-17-6-3-2-4-7-17/h2-13H,14-15H2,1H3,(H,23,27). The summed E-state index contributed by atoms with van der Waals surface area (Å²) in [5.74, 6) is 1.78. The van der Waals surface area contributed by atoms with E-state index in [4.69, 9.17) is 4.74 Å². The van der Waals surface area contributed by atoms with Crippen molar-refractivity contribution in [3.05, 3.63) is 77.7 Å². The Labute approximate surface area is 182 Å². The van der Waals surface area contributed by atoms with Gasteiger partial charge in [-0.15, -0.1) is 21.5 Å². The minimum atomic E-state index is -0.0807. The lowest BCUT2D eigenvalue weighted by atomic mass is 10.2. The van der Waals surface area contributed by atoms with Crippen molar-refractivity contribution in [1.82, 2.24) is 14.8 Å². The molecule has 2 aromatic heterocycles. The smallest absolute Gasteiger partial charge is 0.234 e. The van der Waals surface area contributed by atoms with Crippen LogP contribution in [0.1, 0.15) is 5.56 Å². The van der Waals surface area contributed by atoms with Crippen LogP contribution in [-0.4, -0.2) is 33.5 Å².